The van der Waals surface area contributed by atoms with Gasteiger partial charge in [-0.05, 0) is 30.2 Å². The van der Waals surface area contributed by atoms with Gasteiger partial charge in [0.05, 0.1) is 29.8 Å². The second kappa shape index (κ2) is 9.88. The van der Waals surface area contributed by atoms with Gasteiger partial charge in [-0.1, -0.05) is 53.7 Å². The number of aromatic amines is 1. The minimum absolute atomic E-state index is 0.102. The molecule has 8 nitrogen and oxygen atoms in total. The molecule has 0 atom stereocenters. The second-order valence-corrected chi connectivity index (χ2v) is 8.21. The molecule has 10 heteroatoms. The van der Waals surface area contributed by atoms with Crippen molar-refractivity contribution in [2.45, 2.75) is 11.6 Å². The van der Waals surface area contributed by atoms with Crippen molar-refractivity contribution in [2.75, 3.05) is 19.4 Å². The van der Waals surface area contributed by atoms with Crippen molar-refractivity contribution >= 4 is 40.3 Å². The van der Waals surface area contributed by atoms with Gasteiger partial charge < -0.3 is 10.1 Å². The van der Waals surface area contributed by atoms with Crippen molar-refractivity contribution in [1.82, 2.24) is 25.1 Å². The number of benzene rings is 2. The Labute approximate surface area is 193 Å². The van der Waals surface area contributed by atoms with Gasteiger partial charge in [-0.3, -0.25) is 19.3 Å². The summed E-state index contributed by atoms with van der Waals surface area (Å²) in [5.41, 5.74) is 1.72. The van der Waals surface area contributed by atoms with Gasteiger partial charge in [0, 0.05) is 6.54 Å². The fourth-order valence-corrected chi connectivity index (χ4v) is 4.25. The van der Waals surface area contributed by atoms with E-state index in [9.17, 15) is 9.59 Å². The zero-order valence-electron chi connectivity index (χ0n) is 17.2. The molecule has 0 aliphatic carbocycles. The number of nitrogens with one attached hydrogen (secondary N) is 2. The van der Waals surface area contributed by atoms with Crippen molar-refractivity contribution in [3.63, 3.8) is 0 Å². The van der Waals surface area contributed by atoms with E-state index in [2.05, 4.69) is 20.5 Å². The van der Waals surface area contributed by atoms with Crippen LogP contribution in [0.1, 0.15) is 5.56 Å². The van der Waals surface area contributed by atoms with Crippen LogP contribution >= 0.6 is 23.4 Å². The molecule has 2 aromatic heterocycles. The highest BCUT2D eigenvalue weighted by molar-refractivity contribution is 7.99. The molecule has 2 heterocycles. The van der Waals surface area contributed by atoms with E-state index < -0.39 is 0 Å². The van der Waals surface area contributed by atoms with Gasteiger partial charge in [-0.2, -0.15) is 5.10 Å². The number of hydrogen-bond donors (Lipinski definition) is 2. The van der Waals surface area contributed by atoms with E-state index in [-0.39, 0.29) is 17.2 Å². The Balaban J connectivity index is 1.54. The van der Waals surface area contributed by atoms with E-state index in [1.54, 1.807) is 18.2 Å². The Bertz CT molecular complexity index is 1310. The lowest BCUT2D eigenvalue weighted by atomic mass is 10.1. The molecule has 2 N–H and O–H groups in total. The lowest BCUT2D eigenvalue weighted by Crippen LogP contribution is -2.28. The molecule has 0 saturated carbocycles. The number of fused-ring (bicyclic) bond motifs is 1. The SMILES string of the molecule is COc1ccc(-n2c(SCC(=O)NCCc3ccccc3)nc3[nH]ncc3c2=O)cc1Cl. The molecule has 0 radical (unpaired) electrons. The summed E-state index contributed by atoms with van der Waals surface area (Å²) >= 11 is 7.43. The van der Waals surface area contributed by atoms with Crippen LogP contribution in [0.3, 0.4) is 0 Å². The van der Waals surface area contributed by atoms with Gasteiger partial charge in [0.15, 0.2) is 10.8 Å². The Hall–Kier alpha value is -3.30. The first-order valence-corrected chi connectivity index (χ1v) is 11.2. The topological polar surface area (TPSA) is 102 Å². The fourth-order valence-electron chi connectivity index (χ4n) is 3.16. The molecule has 0 spiro atoms. The lowest BCUT2D eigenvalue weighted by Gasteiger charge is -2.13. The number of rotatable bonds is 8. The minimum Gasteiger partial charge on any atom is -0.495 e. The zero-order chi connectivity index (χ0) is 22.5. The summed E-state index contributed by atoms with van der Waals surface area (Å²) in [6, 6.07) is 14.9. The van der Waals surface area contributed by atoms with Crippen LogP contribution in [0.5, 0.6) is 5.75 Å². The molecule has 0 unspecified atom stereocenters. The number of carbonyl (C=O) groups excluding carboxylic acids is 1. The Morgan fingerprint density at radius 1 is 1.25 bits per heavy atom. The number of thioether (sulfide) groups is 1. The van der Waals surface area contributed by atoms with Crippen LogP contribution in [0.4, 0.5) is 0 Å². The zero-order valence-corrected chi connectivity index (χ0v) is 18.7. The Morgan fingerprint density at radius 3 is 2.81 bits per heavy atom. The molecule has 4 rings (SSSR count). The average molecular weight is 470 g/mol. The van der Waals surface area contributed by atoms with E-state index in [1.807, 2.05) is 30.3 Å². The third kappa shape index (κ3) is 4.79. The largest absolute Gasteiger partial charge is 0.495 e. The first kappa shape index (κ1) is 21.9. The number of methoxy groups -OCH3 is 1. The number of nitrogens with zero attached hydrogens (tertiary/aromatic N) is 3. The summed E-state index contributed by atoms with van der Waals surface area (Å²) in [4.78, 5) is 30.0. The van der Waals surface area contributed by atoms with Crippen LogP contribution in [-0.2, 0) is 11.2 Å². The molecular weight excluding hydrogens is 450 g/mol. The first-order valence-electron chi connectivity index (χ1n) is 9.80. The minimum atomic E-state index is -0.308. The molecular formula is C22H20ClN5O3S. The number of amides is 1. The molecule has 4 aromatic rings. The van der Waals surface area contributed by atoms with Crippen LogP contribution in [0.2, 0.25) is 5.02 Å². The maximum absolute atomic E-state index is 13.1. The third-order valence-corrected chi connectivity index (χ3v) is 5.99. The molecule has 2 aromatic carbocycles. The smallest absolute Gasteiger partial charge is 0.269 e. The van der Waals surface area contributed by atoms with Gasteiger partial charge in [0.1, 0.15) is 11.1 Å². The highest BCUT2D eigenvalue weighted by Crippen LogP contribution is 2.28. The Kier molecular flexibility index (Phi) is 6.77. The van der Waals surface area contributed by atoms with Crippen LogP contribution < -0.4 is 15.6 Å². The van der Waals surface area contributed by atoms with Gasteiger partial charge >= 0.3 is 0 Å². The van der Waals surface area contributed by atoms with Crippen LogP contribution in [0.15, 0.2) is 64.7 Å². The number of ether oxygens (including phenoxy) is 1. The van der Waals surface area contributed by atoms with Gasteiger partial charge in [0.2, 0.25) is 5.91 Å². The summed E-state index contributed by atoms with van der Waals surface area (Å²) in [5.74, 6) is 0.446. The summed E-state index contributed by atoms with van der Waals surface area (Å²) in [6.07, 6.45) is 2.17. The predicted molar refractivity (Wildman–Crippen MR) is 125 cm³/mol. The van der Waals surface area contributed by atoms with Crippen LogP contribution in [-0.4, -0.2) is 45.1 Å². The highest BCUT2D eigenvalue weighted by atomic mass is 35.5. The summed E-state index contributed by atoms with van der Waals surface area (Å²) in [7, 11) is 1.52. The standard InChI is InChI=1S/C22H20ClN5O3S/c1-31-18-8-7-15(11-17(18)23)28-21(30)16-12-25-27-20(16)26-22(28)32-13-19(29)24-10-9-14-5-3-2-4-6-14/h2-8,11-12H,9-10,13H2,1H3,(H,24,29)(H,25,27). The molecule has 0 bridgehead atoms. The number of aromatic nitrogens is 4. The van der Waals surface area contributed by atoms with Crippen LogP contribution in [0.25, 0.3) is 16.7 Å². The average Bonchev–Trinajstić information content (AvgIpc) is 3.27. The quantitative estimate of drug-likeness (QED) is 0.303. The van der Waals surface area contributed by atoms with E-state index >= 15 is 0 Å². The van der Waals surface area contributed by atoms with Crippen molar-refractivity contribution in [1.29, 1.82) is 0 Å². The monoisotopic (exact) mass is 469 g/mol. The molecule has 164 valence electrons. The summed E-state index contributed by atoms with van der Waals surface area (Å²) in [5, 5.41) is 10.6. The number of carbonyl (C=O) groups is 1. The molecule has 0 fully saturated rings. The number of H-pyrrole nitrogens is 1. The molecule has 1 amide bonds. The summed E-state index contributed by atoms with van der Waals surface area (Å²) < 4.78 is 6.62. The first-order chi connectivity index (χ1) is 15.6. The molecule has 32 heavy (non-hydrogen) atoms. The van der Waals surface area contributed by atoms with E-state index in [4.69, 9.17) is 16.3 Å². The fraction of sp³-hybridized carbons (Fsp3) is 0.182. The second-order valence-electron chi connectivity index (χ2n) is 6.86. The van der Waals surface area contributed by atoms with Crippen molar-refractivity contribution in [2.24, 2.45) is 0 Å². The maximum Gasteiger partial charge on any atom is 0.269 e. The third-order valence-electron chi connectivity index (χ3n) is 4.76. The van der Waals surface area contributed by atoms with Gasteiger partial charge in [-0.25, -0.2) is 4.98 Å². The molecule has 0 aliphatic rings. The van der Waals surface area contributed by atoms with Crippen molar-refractivity contribution < 1.29 is 9.53 Å². The number of halogens is 1. The maximum atomic E-state index is 13.1. The molecule has 0 saturated heterocycles. The highest BCUT2D eigenvalue weighted by Gasteiger charge is 2.17. The Morgan fingerprint density at radius 2 is 2.06 bits per heavy atom. The molecule has 0 aliphatic heterocycles. The lowest BCUT2D eigenvalue weighted by molar-refractivity contribution is -0.118. The van der Waals surface area contributed by atoms with Gasteiger partial charge in [0.25, 0.3) is 5.56 Å². The summed E-state index contributed by atoms with van der Waals surface area (Å²) in [6.45, 7) is 0.525. The van der Waals surface area contributed by atoms with Gasteiger partial charge in [-0.15, -0.1) is 0 Å². The van der Waals surface area contributed by atoms with Crippen molar-refractivity contribution in [3.8, 4) is 11.4 Å². The van der Waals surface area contributed by atoms with E-state index in [0.717, 1.165) is 23.7 Å². The van der Waals surface area contributed by atoms with E-state index in [1.165, 1.54) is 17.9 Å². The van der Waals surface area contributed by atoms with E-state index in [0.29, 0.717) is 39.2 Å². The van der Waals surface area contributed by atoms with Crippen molar-refractivity contribution in [3.05, 3.63) is 75.7 Å². The predicted octanol–water partition coefficient (Wildman–Crippen LogP) is 3.22. The number of hydrogen-bond acceptors (Lipinski definition) is 6. The normalized spacial score (nSPS) is 10.9. The van der Waals surface area contributed by atoms with Crippen LogP contribution in [0, 0.1) is 0 Å².